The van der Waals surface area contributed by atoms with E-state index in [1.807, 2.05) is 9.80 Å². The van der Waals surface area contributed by atoms with E-state index in [4.69, 9.17) is 4.74 Å². The molecule has 2 unspecified atom stereocenters. The van der Waals surface area contributed by atoms with Crippen LogP contribution in [0, 0.1) is 0 Å². The van der Waals surface area contributed by atoms with Crippen molar-refractivity contribution in [2.75, 3.05) is 39.4 Å². The largest absolute Gasteiger partial charge is 0.378 e. The number of rotatable bonds is 0. The zero-order chi connectivity index (χ0) is 12.5. The fraction of sp³-hybridized carbons (Fsp3) is 0.833. The maximum absolute atomic E-state index is 12.5. The van der Waals surface area contributed by atoms with Crippen molar-refractivity contribution in [3.63, 3.8) is 0 Å². The van der Waals surface area contributed by atoms with E-state index in [-0.39, 0.29) is 23.9 Å². The molecule has 3 rings (SSSR count). The number of fused-ring (bicyclic) bond motifs is 2. The summed E-state index contributed by atoms with van der Waals surface area (Å²) in [6, 6.07) is 0.169. The third kappa shape index (κ3) is 2.10. The molecule has 6 nitrogen and oxygen atoms in total. The molecule has 3 fully saturated rings. The number of hydrogen-bond donors (Lipinski definition) is 1. The van der Waals surface area contributed by atoms with Crippen molar-refractivity contribution in [1.29, 1.82) is 0 Å². The van der Waals surface area contributed by atoms with Crippen LogP contribution in [-0.2, 0) is 9.53 Å². The van der Waals surface area contributed by atoms with Crippen molar-refractivity contribution in [3.05, 3.63) is 0 Å². The Labute approximate surface area is 106 Å². The number of carbonyl (C=O) groups excluding carboxylic acids is 2. The molecule has 0 aromatic carbocycles. The van der Waals surface area contributed by atoms with E-state index in [1.165, 1.54) is 0 Å². The summed E-state index contributed by atoms with van der Waals surface area (Å²) in [6.07, 6.45) is 0.999. The number of nitrogens with zero attached hydrogens (tertiary/aromatic N) is 2. The molecule has 2 atom stereocenters. The second-order valence-electron chi connectivity index (χ2n) is 5.20. The van der Waals surface area contributed by atoms with Gasteiger partial charge in [-0.1, -0.05) is 0 Å². The van der Waals surface area contributed by atoms with Gasteiger partial charge in [0.2, 0.25) is 0 Å². The second-order valence-corrected chi connectivity index (χ2v) is 5.20. The smallest absolute Gasteiger partial charge is 0.320 e. The van der Waals surface area contributed by atoms with Gasteiger partial charge in [0.15, 0.2) is 0 Å². The lowest BCUT2D eigenvalue weighted by Crippen LogP contribution is -2.66. The minimum atomic E-state index is 0.0420. The first-order valence-corrected chi connectivity index (χ1v) is 6.63. The highest BCUT2D eigenvalue weighted by Crippen LogP contribution is 2.24. The molecule has 3 heterocycles. The highest BCUT2D eigenvalue weighted by atomic mass is 16.5. The van der Waals surface area contributed by atoms with Gasteiger partial charge in [-0.2, -0.15) is 0 Å². The minimum absolute atomic E-state index is 0.0420. The lowest BCUT2D eigenvalue weighted by Gasteiger charge is -2.47. The van der Waals surface area contributed by atoms with Crippen LogP contribution < -0.4 is 5.32 Å². The molecule has 1 N–H and O–H groups in total. The molecule has 3 aliphatic rings. The van der Waals surface area contributed by atoms with Crippen LogP contribution in [0.3, 0.4) is 0 Å². The molecule has 0 aromatic rings. The lowest BCUT2D eigenvalue weighted by atomic mass is 9.91. The van der Waals surface area contributed by atoms with Gasteiger partial charge in [0.1, 0.15) is 5.78 Å². The maximum atomic E-state index is 12.5. The Morgan fingerprint density at radius 3 is 2.39 bits per heavy atom. The Bertz CT molecular complexity index is 338. The Hall–Kier alpha value is -1.14. The fourth-order valence-electron chi connectivity index (χ4n) is 3.09. The summed E-state index contributed by atoms with van der Waals surface area (Å²) < 4.78 is 5.27. The summed E-state index contributed by atoms with van der Waals surface area (Å²) in [5, 5.41) is 3.31. The monoisotopic (exact) mass is 253 g/mol. The fourth-order valence-corrected chi connectivity index (χ4v) is 3.09. The third-order valence-electron chi connectivity index (χ3n) is 3.98. The Morgan fingerprint density at radius 1 is 1.17 bits per heavy atom. The predicted molar refractivity (Wildman–Crippen MR) is 64.3 cm³/mol. The molecule has 0 spiro atoms. The Kier molecular flexibility index (Phi) is 3.22. The molecule has 0 aliphatic carbocycles. The van der Waals surface area contributed by atoms with Gasteiger partial charge in [0, 0.05) is 39.0 Å². The van der Waals surface area contributed by atoms with Gasteiger partial charge in [-0.05, 0) is 0 Å². The number of ketones is 1. The van der Waals surface area contributed by atoms with Crippen LogP contribution in [0.4, 0.5) is 4.79 Å². The second kappa shape index (κ2) is 4.85. The lowest BCUT2D eigenvalue weighted by molar-refractivity contribution is -0.125. The normalized spacial score (nSPS) is 32.6. The summed E-state index contributed by atoms with van der Waals surface area (Å²) in [7, 11) is 0. The Morgan fingerprint density at radius 2 is 1.78 bits per heavy atom. The van der Waals surface area contributed by atoms with Gasteiger partial charge in [0.25, 0.3) is 0 Å². The Balaban J connectivity index is 1.73. The van der Waals surface area contributed by atoms with E-state index in [9.17, 15) is 9.59 Å². The first-order valence-electron chi connectivity index (χ1n) is 6.63. The molecular weight excluding hydrogens is 234 g/mol. The average molecular weight is 253 g/mol. The summed E-state index contributed by atoms with van der Waals surface area (Å²) in [5.74, 6) is 0.289. The topological polar surface area (TPSA) is 61.9 Å². The molecule has 6 heteroatoms. The third-order valence-corrected chi connectivity index (χ3v) is 3.98. The number of piperazine rings is 1. The first-order chi connectivity index (χ1) is 8.75. The number of carbonyl (C=O) groups is 2. The van der Waals surface area contributed by atoms with Gasteiger partial charge >= 0.3 is 6.03 Å². The van der Waals surface area contributed by atoms with Crippen molar-refractivity contribution >= 4 is 11.8 Å². The first kappa shape index (κ1) is 11.9. The van der Waals surface area contributed by atoms with Crippen molar-refractivity contribution in [3.8, 4) is 0 Å². The van der Waals surface area contributed by atoms with Crippen molar-refractivity contribution < 1.29 is 14.3 Å². The molecule has 3 aliphatic heterocycles. The zero-order valence-corrected chi connectivity index (χ0v) is 10.4. The number of urea groups is 1. The standard InChI is InChI=1S/C12H19N3O3/c16-11-5-9-7-13-8-10(6-11)15(9)12(17)14-1-3-18-4-2-14/h9-10,13H,1-8H2. The number of ether oxygens (including phenoxy) is 1. The maximum Gasteiger partial charge on any atom is 0.320 e. The summed E-state index contributed by atoms with van der Waals surface area (Å²) in [5.41, 5.74) is 0. The van der Waals surface area contributed by atoms with Gasteiger partial charge < -0.3 is 19.9 Å². The summed E-state index contributed by atoms with van der Waals surface area (Å²) in [4.78, 5) is 27.9. The molecule has 0 radical (unpaired) electrons. The van der Waals surface area contributed by atoms with Crippen molar-refractivity contribution in [2.24, 2.45) is 0 Å². The number of hydrogen-bond acceptors (Lipinski definition) is 4. The number of morpholine rings is 1. The van der Waals surface area contributed by atoms with Gasteiger partial charge in [-0.15, -0.1) is 0 Å². The van der Waals surface area contributed by atoms with Gasteiger partial charge in [0.05, 0.1) is 25.3 Å². The van der Waals surface area contributed by atoms with Crippen LogP contribution >= 0.6 is 0 Å². The number of amides is 2. The minimum Gasteiger partial charge on any atom is -0.378 e. The molecule has 2 amide bonds. The van der Waals surface area contributed by atoms with Crippen LogP contribution in [0.2, 0.25) is 0 Å². The van der Waals surface area contributed by atoms with E-state index < -0.39 is 0 Å². The number of piperidine rings is 1. The SMILES string of the molecule is O=C1CC2CNCC(C1)N2C(=O)N1CCOCC1. The molecule has 2 bridgehead atoms. The van der Waals surface area contributed by atoms with E-state index in [2.05, 4.69) is 5.32 Å². The average Bonchev–Trinajstić information content (AvgIpc) is 2.38. The van der Waals surface area contributed by atoms with E-state index >= 15 is 0 Å². The van der Waals surface area contributed by atoms with E-state index in [0.717, 1.165) is 13.1 Å². The van der Waals surface area contributed by atoms with Crippen molar-refractivity contribution in [2.45, 2.75) is 24.9 Å². The van der Waals surface area contributed by atoms with Crippen LogP contribution in [0.15, 0.2) is 0 Å². The van der Waals surface area contributed by atoms with Crippen LogP contribution in [0.5, 0.6) is 0 Å². The van der Waals surface area contributed by atoms with E-state index in [0.29, 0.717) is 39.1 Å². The summed E-state index contributed by atoms with van der Waals surface area (Å²) >= 11 is 0. The van der Waals surface area contributed by atoms with E-state index in [1.54, 1.807) is 0 Å². The number of nitrogens with one attached hydrogen (secondary N) is 1. The predicted octanol–water partition coefficient (Wildman–Crippen LogP) is -0.556. The molecule has 3 saturated heterocycles. The molecule has 100 valence electrons. The highest BCUT2D eigenvalue weighted by Gasteiger charge is 2.41. The molecule has 18 heavy (non-hydrogen) atoms. The van der Waals surface area contributed by atoms with Crippen LogP contribution in [-0.4, -0.2) is 73.1 Å². The van der Waals surface area contributed by atoms with Gasteiger partial charge in [-0.3, -0.25) is 4.79 Å². The highest BCUT2D eigenvalue weighted by molar-refractivity contribution is 5.84. The van der Waals surface area contributed by atoms with Gasteiger partial charge in [-0.25, -0.2) is 4.79 Å². The molecule has 0 saturated carbocycles. The molecule has 0 aromatic heterocycles. The quantitative estimate of drug-likeness (QED) is 0.629. The van der Waals surface area contributed by atoms with Crippen LogP contribution in [0.25, 0.3) is 0 Å². The zero-order valence-electron chi connectivity index (χ0n) is 10.4. The number of Topliss-reactive ketones (excluding diaryl/α,β-unsaturated/α-hetero) is 1. The molecular formula is C12H19N3O3. The van der Waals surface area contributed by atoms with Crippen molar-refractivity contribution in [1.82, 2.24) is 15.1 Å². The summed E-state index contributed by atoms with van der Waals surface area (Å²) in [6.45, 7) is 4.03. The van der Waals surface area contributed by atoms with Crippen LogP contribution in [0.1, 0.15) is 12.8 Å².